The zero-order valence-corrected chi connectivity index (χ0v) is 12.3. The average Bonchev–Trinajstić information content (AvgIpc) is 2.81. The predicted molar refractivity (Wildman–Crippen MR) is 74.6 cm³/mol. The van der Waals surface area contributed by atoms with E-state index in [1.165, 1.54) is 0 Å². The highest BCUT2D eigenvalue weighted by atomic mass is 79.9. The summed E-state index contributed by atoms with van der Waals surface area (Å²) in [5.41, 5.74) is 1.83. The molecule has 1 aromatic rings. The van der Waals surface area contributed by atoms with Crippen LogP contribution in [0.2, 0.25) is 0 Å². The van der Waals surface area contributed by atoms with Crippen LogP contribution in [0.3, 0.4) is 0 Å². The molecule has 0 radical (unpaired) electrons. The van der Waals surface area contributed by atoms with Gasteiger partial charge in [0.1, 0.15) is 0 Å². The zero-order chi connectivity index (χ0) is 13.3. The van der Waals surface area contributed by atoms with Crippen molar-refractivity contribution >= 4 is 21.8 Å². The molecule has 1 N–H and O–H groups in total. The monoisotopic (exact) mass is 311 g/mol. The van der Waals surface area contributed by atoms with E-state index < -0.39 is 0 Å². The number of rotatable bonds is 2. The van der Waals surface area contributed by atoms with Crippen LogP contribution in [0.25, 0.3) is 0 Å². The molecule has 0 bridgehead atoms. The third-order valence-electron chi connectivity index (χ3n) is 3.61. The SMILES string of the molecule is Cc1ccc(C(=O)N2CCC(C(C)O)C2)cc1Br. The first kappa shape index (κ1) is 13.6. The number of halogens is 1. The minimum atomic E-state index is -0.340. The molecule has 1 saturated heterocycles. The molecule has 0 spiro atoms. The fourth-order valence-electron chi connectivity index (χ4n) is 2.27. The Hall–Kier alpha value is -0.870. The van der Waals surface area contributed by atoms with Gasteiger partial charge in [-0.3, -0.25) is 4.79 Å². The van der Waals surface area contributed by atoms with Gasteiger partial charge in [0, 0.05) is 29.0 Å². The lowest BCUT2D eigenvalue weighted by atomic mass is 10.0. The summed E-state index contributed by atoms with van der Waals surface area (Å²) < 4.78 is 0.958. The molecule has 18 heavy (non-hydrogen) atoms. The van der Waals surface area contributed by atoms with Crippen LogP contribution < -0.4 is 0 Å². The first-order chi connectivity index (χ1) is 8.49. The van der Waals surface area contributed by atoms with Crippen molar-refractivity contribution in [2.45, 2.75) is 26.4 Å². The van der Waals surface area contributed by atoms with Crippen LogP contribution in [0.4, 0.5) is 0 Å². The van der Waals surface area contributed by atoms with Gasteiger partial charge in [-0.05, 0) is 38.0 Å². The molecule has 3 nitrogen and oxygen atoms in total. The van der Waals surface area contributed by atoms with Crippen molar-refractivity contribution in [1.82, 2.24) is 4.90 Å². The van der Waals surface area contributed by atoms with Gasteiger partial charge >= 0.3 is 0 Å². The van der Waals surface area contributed by atoms with Crippen molar-refractivity contribution in [3.8, 4) is 0 Å². The summed E-state index contributed by atoms with van der Waals surface area (Å²) in [7, 11) is 0. The summed E-state index contributed by atoms with van der Waals surface area (Å²) in [5.74, 6) is 0.265. The number of nitrogens with zero attached hydrogens (tertiary/aromatic N) is 1. The summed E-state index contributed by atoms with van der Waals surface area (Å²) in [6, 6.07) is 5.67. The molecule has 0 saturated carbocycles. The van der Waals surface area contributed by atoms with E-state index in [9.17, 15) is 9.90 Å². The number of likely N-dealkylation sites (tertiary alicyclic amines) is 1. The molecule has 2 unspecified atom stereocenters. The standard InChI is InChI=1S/C14H18BrNO2/c1-9-3-4-11(7-13(9)15)14(18)16-6-5-12(8-16)10(2)17/h3-4,7,10,12,17H,5-6,8H2,1-2H3. The molecule has 1 fully saturated rings. The Morgan fingerprint density at radius 2 is 2.28 bits per heavy atom. The van der Waals surface area contributed by atoms with Crippen molar-refractivity contribution in [2.24, 2.45) is 5.92 Å². The van der Waals surface area contributed by atoms with E-state index in [1.807, 2.05) is 30.0 Å². The van der Waals surface area contributed by atoms with Gasteiger partial charge in [-0.2, -0.15) is 0 Å². The van der Waals surface area contributed by atoms with Crippen molar-refractivity contribution in [3.05, 3.63) is 33.8 Å². The topological polar surface area (TPSA) is 40.5 Å². The van der Waals surface area contributed by atoms with Crippen LogP contribution in [-0.2, 0) is 0 Å². The maximum absolute atomic E-state index is 12.3. The molecule has 1 heterocycles. The molecule has 2 rings (SSSR count). The molecular formula is C14H18BrNO2. The van der Waals surface area contributed by atoms with Gasteiger partial charge < -0.3 is 10.0 Å². The highest BCUT2D eigenvalue weighted by molar-refractivity contribution is 9.10. The minimum Gasteiger partial charge on any atom is -0.393 e. The Kier molecular flexibility index (Phi) is 4.07. The van der Waals surface area contributed by atoms with Crippen molar-refractivity contribution in [1.29, 1.82) is 0 Å². The number of carbonyl (C=O) groups excluding carboxylic acids is 1. The van der Waals surface area contributed by atoms with E-state index in [-0.39, 0.29) is 17.9 Å². The molecule has 1 aliphatic rings. The first-order valence-electron chi connectivity index (χ1n) is 6.22. The Morgan fingerprint density at radius 3 is 2.83 bits per heavy atom. The molecule has 1 aliphatic heterocycles. The molecular weight excluding hydrogens is 294 g/mol. The average molecular weight is 312 g/mol. The summed E-state index contributed by atoms with van der Waals surface area (Å²) in [6.07, 6.45) is 0.545. The molecule has 0 aromatic heterocycles. The lowest BCUT2D eigenvalue weighted by molar-refractivity contribution is 0.0762. The highest BCUT2D eigenvalue weighted by Crippen LogP contribution is 2.23. The van der Waals surface area contributed by atoms with Crippen LogP contribution in [0.5, 0.6) is 0 Å². The largest absolute Gasteiger partial charge is 0.393 e. The zero-order valence-electron chi connectivity index (χ0n) is 10.7. The van der Waals surface area contributed by atoms with Gasteiger partial charge in [-0.15, -0.1) is 0 Å². The third-order valence-corrected chi connectivity index (χ3v) is 4.47. The smallest absolute Gasteiger partial charge is 0.253 e. The number of aliphatic hydroxyl groups excluding tert-OH is 1. The summed E-state index contributed by atoms with van der Waals surface area (Å²) in [5, 5.41) is 9.56. The maximum Gasteiger partial charge on any atom is 0.253 e. The third kappa shape index (κ3) is 2.75. The Morgan fingerprint density at radius 1 is 1.56 bits per heavy atom. The molecule has 1 amide bonds. The van der Waals surface area contributed by atoms with E-state index in [1.54, 1.807) is 6.92 Å². The number of hydrogen-bond acceptors (Lipinski definition) is 2. The van der Waals surface area contributed by atoms with E-state index in [0.29, 0.717) is 12.1 Å². The summed E-state index contributed by atoms with van der Waals surface area (Å²) >= 11 is 3.45. The fourth-order valence-corrected chi connectivity index (χ4v) is 2.65. The molecule has 1 aromatic carbocycles. The Bertz CT molecular complexity index is 459. The van der Waals surface area contributed by atoms with E-state index in [2.05, 4.69) is 15.9 Å². The minimum absolute atomic E-state index is 0.0545. The molecule has 2 atom stereocenters. The van der Waals surface area contributed by atoms with E-state index in [4.69, 9.17) is 0 Å². The number of aryl methyl sites for hydroxylation is 1. The maximum atomic E-state index is 12.3. The normalized spacial score (nSPS) is 21.1. The van der Waals surface area contributed by atoms with Crippen molar-refractivity contribution in [2.75, 3.05) is 13.1 Å². The van der Waals surface area contributed by atoms with Gasteiger partial charge in [0.15, 0.2) is 0 Å². The van der Waals surface area contributed by atoms with Crippen LogP contribution in [-0.4, -0.2) is 35.1 Å². The molecule has 4 heteroatoms. The van der Waals surface area contributed by atoms with Gasteiger partial charge in [-0.1, -0.05) is 22.0 Å². The van der Waals surface area contributed by atoms with Gasteiger partial charge in [-0.25, -0.2) is 0 Å². The lowest BCUT2D eigenvalue weighted by Gasteiger charge is -2.18. The molecule has 0 aliphatic carbocycles. The predicted octanol–water partition coefficient (Wildman–Crippen LogP) is 2.60. The number of benzene rings is 1. The Balaban J connectivity index is 2.10. The second-order valence-corrected chi connectivity index (χ2v) is 5.86. The summed E-state index contributed by atoms with van der Waals surface area (Å²) in [4.78, 5) is 14.1. The van der Waals surface area contributed by atoms with Gasteiger partial charge in [0.25, 0.3) is 5.91 Å². The second-order valence-electron chi connectivity index (χ2n) is 5.00. The van der Waals surface area contributed by atoms with E-state index >= 15 is 0 Å². The highest BCUT2D eigenvalue weighted by Gasteiger charge is 2.29. The van der Waals surface area contributed by atoms with Crippen molar-refractivity contribution < 1.29 is 9.90 Å². The Labute approximate surface area is 116 Å². The number of carbonyl (C=O) groups is 1. The molecule has 98 valence electrons. The quantitative estimate of drug-likeness (QED) is 0.912. The first-order valence-corrected chi connectivity index (χ1v) is 7.02. The van der Waals surface area contributed by atoms with Crippen LogP contribution >= 0.6 is 15.9 Å². The number of amides is 1. The van der Waals surface area contributed by atoms with E-state index in [0.717, 1.165) is 23.0 Å². The van der Waals surface area contributed by atoms with Crippen LogP contribution in [0.15, 0.2) is 22.7 Å². The number of hydrogen-bond donors (Lipinski definition) is 1. The fraction of sp³-hybridized carbons (Fsp3) is 0.500. The van der Waals surface area contributed by atoms with Crippen LogP contribution in [0.1, 0.15) is 29.3 Å². The second kappa shape index (κ2) is 5.41. The lowest BCUT2D eigenvalue weighted by Crippen LogP contribution is -2.30. The van der Waals surface area contributed by atoms with Gasteiger partial charge in [0.05, 0.1) is 6.10 Å². The van der Waals surface area contributed by atoms with Gasteiger partial charge in [0.2, 0.25) is 0 Å². The van der Waals surface area contributed by atoms with Crippen LogP contribution in [0, 0.1) is 12.8 Å². The number of aliphatic hydroxyl groups is 1. The summed E-state index contributed by atoms with van der Waals surface area (Å²) in [6.45, 7) is 5.18. The van der Waals surface area contributed by atoms with Crippen molar-refractivity contribution in [3.63, 3.8) is 0 Å².